The van der Waals surface area contributed by atoms with E-state index in [0.717, 1.165) is 18.4 Å². The molecule has 124 valence electrons. The maximum absolute atomic E-state index is 11.2. The van der Waals surface area contributed by atoms with Gasteiger partial charge in [0.15, 0.2) is 0 Å². The summed E-state index contributed by atoms with van der Waals surface area (Å²) in [7, 11) is 0. The summed E-state index contributed by atoms with van der Waals surface area (Å²) in [5, 5.41) is 0. The number of Topliss-reactive ketones (excluding diaryl/α,β-unsaturated/α-hetero) is 1. The number of ether oxygens (including phenoxy) is 2. The van der Waals surface area contributed by atoms with Crippen molar-refractivity contribution in [3.8, 4) is 0 Å². The molecule has 2 fully saturated rings. The average Bonchev–Trinajstić information content (AvgIpc) is 2.36. The van der Waals surface area contributed by atoms with Gasteiger partial charge in [0.25, 0.3) is 0 Å². The molecule has 2 aliphatic carbocycles. The van der Waals surface area contributed by atoms with E-state index in [1.807, 2.05) is 13.8 Å². The Hall–Kier alpha value is -1.65. The second-order valence-electron chi connectivity index (χ2n) is 6.56. The van der Waals surface area contributed by atoms with Crippen LogP contribution in [-0.4, -0.2) is 30.9 Å². The van der Waals surface area contributed by atoms with Crippen LogP contribution >= 0.6 is 0 Å². The highest BCUT2D eigenvalue weighted by Gasteiger charge is 2.46. The van der Waals surface area contributed by atoms with Crippen LogP contribution in [0.2, 0.25) is 0 Å². The van der Waals surface area contributed by atoms with Crippen molar-refractivity contribution in [1.29, 1.82) is 0 Å². The number of esters is 2. The second-order valence-corrected chi connectivity index (χ2v) is 6.56. The summed E-state index contributed by atoms with van der Waals surface area (Å²) in [6.45, 7) is 11.9. The lowest BCUT2D eigenvalue weighted by molar-refractivity contribution is -0.164. The molecule has 2 aliphatic rings. The van der Waals surface area contributed by atoms with Gasteiger partial charge in [-0.15, -0.1) is 0 Å². The summed E-state index contributed by atoms with van der Waals surface area (Å²) in [5.74, 6) is -0.160. The largest absolute Gasteiger partial charge is 0.466 e. The fourth-order valence-electron chi connectivity index (χ4n) is 2.77. The van der Waals surface area contributed by atoms with Gasteiger partial charge in [-0.3, -0.25) is 14.4 Å². The molecule has 0 radical (unpaired) electrons. The molecular weight excluding hydrogens is 284 g/mol. The zero-order valence-electron chi connectivity index (χ0n) is 14.0. The molecule has 0 aromatic heterocycles. The molecule has 0 saturated heterocycles. The lowest BCUT2D eigenvalue weighted by Crippen LogP contribution is -2.42. The Morgan fingerprint density at radius 3 is 1.59 bits per heavy atom. The van der Waals surface area contributed by atoms with Crippen LogP contribution in [0.15, 0.2) is 12.2 Å². The van der Waals surface area contributed by atoms with Crippen molar-refractivity contribution in [3.63, 3.8) is 0 Å². The third-order valence-electron chi connectivity index (χ3n) is 3.99. The summed E-state index contributed by atoms with van der Waals surface area (Å²) in [4.78, 5) is 33.0. The van der Waals surface area contributed by atoms with Crippen LogP contribution < -0.4 is 0 Å². The molecule has 22 heavy (non-hydrogen) atoms. The van der Waals surface area contributed by atoms with Gasteiger partial charge < -0.3 is 9.47 Å². The fourth-order valence-corrected chi connectivity index (χ4v) is 2.77. The van der Waals surface area contributed by atoms with E-state index in [-0.39, 0.29) is 23.1 Å². The van der Waals surface area contributed by atoms with Crippen molar-refractivity contribution in [1.82, 2.24) is 0 Å². The molecule has 0 aromatic rings. The third-order valence-corrected chi connectivity index (χ3v) is 3.99. The first kappa shape index (κ1) is 18.4. The van der Waals surface area contributed by atoms with Crippen molar-refractivity contribution in [2.45, 2.75) is 53.4 Å². The van der Waals surface area contributed by atoms with Crippen LogP contribution in [0.1, 0.15) is 53.4 Å². The van der Waals surface area contributed by atoms with E-state index < -0.39 is 5.41 Å². The first-order chi connectivity index (χ1) is 10.2. The molecule has 0 bridgehead atoms. The molecular formula is C17H26O5. The number of carbonyl (C=O) groups is 3. The van der Waals surface area contributed by atoms with E-state index in [1.165, 1.54) is 0 Å². The molecule has 0 unspecified atom stereocenters. The summed E-state index contributed by atoms with van der Waals surface area (Å²) in [5.41, 5.74) is 0.390. The van der Waals surface area contributed by atoms with E-state index in [1.54, 1.807) is 13.8 Å². The highest BCUT2D eigenvalue weighted by molar-refractivity contribution is 5.97. The maximum atomic E-state index is 11.2. The van der Waals surface area contributed by atoms with Crippen molar-refractivity contribution in [2.75, 3.05) is 13.2 Å². The first-order valence-corrected chi connectivity index (χ1v) is 7.69. The van der Waals surface area contributed by atoms with Gasteiger partial charge in [-0.1, -0.05) is 12.2 Å². The highest BCUT2D eigenvalue weighted by atomic mass is 16.5. The first-order valence-electron chi connectivity index (χ1n) is 7.69. The molecule has 0 aliphatic heterocycles. The van der Waals surface area contributed by atoms with Gasteiger partial charge in [0.05, 0.1) is 24.0 Å². The van der Waals surface area contributed by atoms with Gasteiger partial charge in [0, 0.05) is 12.8 Å². The lowest BCUT2D eigenvalue weighted by atomic mass is 9.67. The number of carbonyl (C=O) groups excluding carboxylic acids is 3. The number of ketones is 1. The molecule has 5 heteroatoms. The smallest absolute Gasteiger partial charge is 0.312 e. The van der Waals surface area contributed by atoms with E-state index in [0.29, 0.717) is 26.1 Å². The number of allylic oxidation sites excluding steroid dienone is 1. The Bertz CT molecular complexity index is 417. The fraction of sp³-hybridized carbons (Fsp3) is 0.706. The summed E-state index contributed by atoms with van der Waals surface area (Å²) >= 11 is 0. The Kier molecular flexibility index (Phi) is 5.92. The van der Waals surface area contributed by atoms with Crippen LogP contribution in [0.3, 0.4) is 0 Å². The van der Waals surface area contributed by atoms with Gasteiger partial charge in [-0.25, -0.2) is 0 Å². The van der Waals surface area contributed by atoms with Gasteiger partial charge in [0.1, 0.15) is 5.78 Å². The molecule has 2 rings (SSSR count). The summed E-state index contributed by atoms with van der Waals surface area (Å²) < 4.78 is 9.72. The van der Waals surface area contributed by atoms with Gasteiger partial charge in [-0.2, -0.15) is 0 Å². The standard InChI is InChI=1S/C9H14O2.C8H12O3/c1-4-11-8(10)9(3)5-7(2)6-9;1-3-11-7(10)8(2)4-6(9)5-8/h2,4-6H2,1,3H3;3-5H2,1-2H3. The zero-order valence-corrected chi connectivity index (χ0v) is 14.0. The monoisotopic (exact) mass is 310 g/mol. The predicted octanol–water partition coefficient (Wildman–Crippen LogP) is 2.82. The van der Waals surface area contributed by atoms with Crippen molar-refractivity contribution in [3.05, 3.63) is 12.2 Å². The van der Waals surface area contributed by atoms with Gasteiger partial charge >= 0.3 is 11.9 Å². The van der Waals surface area contributed by atoms with Crippen molar-refractivity contribution in [2.24, 2.45) is 10.8 Å². The minimum atomic E-state index is -0.507. The van der Waals surface area contributed by atoms with Gasteiger partial charge in [0.2, 0.25) is 0 Å². The van der Waals surface area contributed by atoms with Crippen LogP contribution in [0.5, 0.6) is 0 Å². The molecule has 0 heterocycles. The Morgan fingerprint density at radius 1 is 0.955 bits per heavy atom. The average molecular weight is 310 g/mol. The van der Waals surface area contributed by atoms with E-state index in [2.05, 4.69) is 6.58 Å². The van der Waals surface area contributed by atoms with Crippen LogP contribution in [0, 0.1) is 10.8 Å². The lowest BCUT2D eigenvalue weighted by Gasteiger charge is -2.37. The van der Waals surface area contributed by atoms with E-state index >= 15 is 0 Å². The van der Waals surface area contributed by atoms with Gasteiger partial charge in [-0.05, 0) is 40.5 Å². The van der Waals surface area contributed by atoms with Crippen LogP contribution in [-0.2, 0) is 23.9 Å². The Labute approximate surface area is 132 Å². The SMILES string of the molecule is C=C1CC(C)(C(=O)OCC)C1.CCOC(=O)C1(C)CC(=O)C1. The quantitative estimate of drug-likeness (QED) is 0.590. The third kappa shape index (κ3) is 4.18. The maximum Gasteiger partial charge on any atom is 0.312 e. The van der Waals surface area contributed by atoms with E-state index in [4.69, 9.17) is 9.47 Å². The summed E-state index contributed by atoms with van der Waals surface area (Å²) in [6, 6.07) is 0. The number of hydrogen-bond acceptors (Lipinski definition) is 5. The highest BCUT2D eigenvalue weighted by Crippen LogP contribution is 2.44. The Morgan fingerprint density at radius 2 is 1.32 bits per heavy atom. The minimum absolute atomic E-state index is 0.0765. The Balaban J connectivity index is 0.000000220. The minimum Gasteiger partial charge on any atom is -0.466 e. The second kappa shape index (κ2) is 7.07. The van der Waals surface area contributed by atoms with Crippen molar-refractivity contribution < 1.29 is 23.9 Å². The van der Waals surface area contributed by atoms with Crippen LogP contribution in [0.4, 0.5) is 0 Å². The molecule has 0 atom stereocenters. The summed E-state index contributed by atoms with van der Waals surface area (Å²) in [6.07, 6.45) is 2.30. The molecule has 0 aromatic carbocycles. The number of rotatable bonds is 4. The molecule has 0 spiro atoms. The van der Waals surface area contributed by atoms with Crippen molar-refractivity contribution >= 4 is 17.7 Å². The molecule has 0 amide bonds. The zero-order chi connectivity index (χ0) is 17.0. The van der Waals surface area contributed by atoms with Crippen LogP contribution in [0.25, 0.3) is 0 Å². The molecule has 2 saturated carbocycles. The van der Waals surface area contributed by atoms with E-state index in [9.17, 15) is 14.4 Å². The molecule has 0 N–H and O–H groups in total. The predicted molar refractivity (Wildman–Crippen MR) is 82.1 cm³/mol. The normalized spacial score (nSPS) is 20.7. The molecule has 5 nitrogen and oxygen atoms in total. The topological polar surface area (TPSA) is 69.7 Å². The number of hydrogen-bond donors (Lipinski definition) is 0.